The maximum Gasteiger partial charge on any atom is 0.333 e. The molecule has 202 valence electrons. The lowest BCUT2D eigenvalue weighted by Gasteiger charge is -2.29. The number of hydrogen-bond donors (Lipinski definition) is 2. The van der Waals surface area contributed by atoms with Crippen molar-refractivity contribution in [3.8, 4) is 5.69 Å². The van der Waals surface area contributed by atoms with E-state index in [-0.39, 0.29) is 23.5 Å². The lowest BCUT2D eigenvalue weighted by atomic mass is 9.85. The Hall–Kier alpha value is -3.98. The normalized spacial score (nSPS) is 17.2. The molecule has 9 nitrogen and oxygen atoms in total. The molecule has 0 saturated heterocycles. The van der Waals surface area contributed by atoms with Crippen LogP contribution in [0.1, 0.15) is 59.1 Å². The number of fused-ring (bicyclic) bond motifs is 1. The van der Waals surface area contributed by atoms with Crippen molar-refractivity contribution in [2.45, 2.75) is 52.1 Å². The number of nitrogens with zero attached hydrogens (tertiary/aromatic N) is 4. The van der Waals surface area contributed by atoms with Gasteiger partial charge in [0, 0.05) is 25.3 Å². The largest absolute Gasteiger partial charge is 0.351 e. The minimum absolute atomic E-state index is 0.0692. The van der Waals surface area contributed by atoms with E-state index in [2.05, 4.69) is 20.6 Å². The Morgan fingerprint density at radius 3 is 2.44 bits per heavy atom. The van der Waals surface area contributed by atoms with Gasteiger partial charge in [-0.3, -0.25) is 23.7 Å². The summed E-state index contributed by atoms with van der Waals surface area (Å²) in [6.45, 7) is 4.75. The molecule has 0 unspecified atom stereocenters. The van der Waals surface area contributed by atoms with Crippen molar-refractivity contribution in [1.82, 2.24) is 29.7 Å². The van der Waals surface area contributed by atoms with E-state index in [0.29, 0.717) is 46.7 Å². The third-order valence-corrected chi connectivity index (χ3v) is 7.54. The Bertz CT molecular complexity index is 1570. The van der Waals surface area contributed by atoms with E-state index in [4.69, 9.17) is 11.6 Å². The van der Waals surface area contributed by atoms with Gasteiger partial charge in [-0.1, -0.05) is 23.7 Å². The van der Waals surface area contributed by atoms with Gasteiger partial charge >= 0.3 is 5.69 Å². The second kappa shape index (κ2) is 11.4. The molecule has 2 amide bonds. The van der Waals surface area contributed by atoms with Gasteiger partial charge in [-0.05, 0) is 75.8 Å². The van der Waals surface area contributed by atoms with Crippen molar-refractivity contribution in [3.63, 3.8) is 0 Å². The summed E-state index contributed by atoms with van der Waals surface area (Å²) in [7, 11) is 0. The quantitative estimate of drug-likeness (QED) is 0.359. The summed E-state index contributed by atoms with van der Waals surface area (Å²) < 4.78 is 3.48. The van der Waals surface area contributed by atoms with Crippen LogP contribution >= 0.6 is 11.6 Å². The third-order valence-electron chi connectivity index (χ3n) is 7.33. The van der Waals surface area contributed by atoms with Gasteiger partial charge in [-0.15, -0.1) is 0 Å². The molecule has 3 aromatic heterocycles. The molecule has 0 bridgehead atoms. The van der Waals surface area contributed by atoms with Crippen LogP contribution in [0, 0.1) is 12.8 Å². The molecule has 1 aliphatic rings. The predicted molar refractivity (Wildman–Crippen MR) is 151 cm³/mol. The minimum atomic E-state index is -0.245. The van der Waals surface area contributed by atoms with Crippen LogP contribution in [0.3, 0.4) is 0 Å². The van der Waals surface area contributed by atoms with E-state index in [1.165, 1.54) is 6.20 Å². The van der Waals surface area contributed by atoms with E-state index in [1.807, 2.05) is 35.8 Å². The standard InChI is InChI=1S/C29H31ClN6O3/c1-3-31-28(38)24-13-12-22(16-33-24)36-26-7-5-4-6-25(26)35(29(36)39)17-19-8-10-21(11-9-19)34-27(37)23-14-20(30)15-32-18(23)2/h4-7,12-16,19,21H,3,8-11,17H2,1-2H3,(H,31,38)(H,34,37)/t19-,21-. The van der Waals surface area contributed by atoms with Gasteiger partial charge in [0.25, 0.3) is 11.8 Å². The number of carbonyl (C=O) groups excluding carboxylic acids is 2. The summed E-state index contributed by atoms with van der Waals surface area (Å²) in [5.41, 5.74) is 3.58. The SMILES string of the molecule is CCNC(=O)c1ccc(-n2c(=O)n(C[C@H]3CC[C@H](NC(=O)c4cc(Cl)cnc4C)CC3)c3ccccc32)cn1. The summed E-state index contributed by atoms with van der Waals surface area (Å²) >= 11 is 6.03. The van der Waals surface area contributed by atoms with Crippen molar-refractivity contribution < 1.29 is 9.59 Å². The lowest BCUT2D eigenvalue weighted by Crippen LogP contribution is -2.39. The molecule has 5 rings (SSSR count). The number of pyridine rings is 2. The molecular formula is C29H31ClN6O3. The number of hydrogen-bond acceptors (Lipinski definition) is 5. The van der Waals surface area contributed by atoms with Gasteiger partial charge in [0.05, 0.1) is 39.2 Å². The Morgan fingerprint density at radius 1 is 1.00 bits per heavy atom. The molecule has 2 N–H and O–H groups in total. The summed E-state index contributed by atoms with van der Waals surface area (Å²) in [6.07, 6.45) is 6.56. The van der Waals surface area contributed by atoms with Crippen LogP contribution in [0.15, 0.2) is 59.7 Å². The fourth-order valence-corrected chi connectivity index (χ4v) is 5.44. The first-order chi connectivity index (χ1) is 18.9. The first-order valence-corrected chi connectivity index (χ1v) is 13.6. The highest BCUT2D eigenvalue weighted by Gasteiger charge is 2.26. The number of aromatic nitrogens is 4. The van der Waals surface area contributed by atoms with Crippen molar-refractivity contribution in [3.05, 3.63) is 87.3 Å². The average molecular weight is 547 g/mol. The average Bonchev–Trinajstić information content (AvgIpc) is 3.22. The Morgan fingerprint density at radius 2 is 1.74 bits per heavy atom. The maximum atomic E-state index is 13.7. The monoisotopic (exact) mass is 546 g/mol. The smallest absolute Gasteiger partial charge is 0.333 e. The second-order valence-electron chi connectivity index (χ2n) is 9.96. The first-order valence-electron chi connectivity index (χ1n) is 13.2. The van der Waals surface area contributed by atoms with E-state index in [9.17, 15) is 14.4 Å². The number of nitrogens with one attached hydrogen (secondary N) is 2. The highest BCUT2D eigenvalue weighted by molar-refractivity contribution is 6.30. The van der Waals surface area contributed by atoms with Crippen LogP contribution in [0.4, 0.5) is 0 Å². The van der Waals surface area contributed by atoms with Gasteiger partial charge in [-0.2, -0.15) is 0 Å². The van der Waals surface area contributed by atoms with E-state index in [0.717, 1.165) is 36.7 Å². The zero-order chi connectivity index (χ0) is 27.5. The van der Waals surface area contributed by atoms with Gasteiger partial charge in [-0.25, -0.2) is 9.78 Å². The van der Waals surface area contributed by atoms with Crippen molar-refractivity contribution in [1.29, 1.82) is 0 Å². The Balaban J connectivity index is 1.30. The van der Waals surface area contributed by atoms with Crippen LogP contribution in [0.5, 0.6) is 0 Å². The molecule has 1 aliphatic carbocycles. The topological polar surface area (TPSA) is 111 Å². The van der Waals surface area contributed by atoms with Gasteiger partial charge in [0.15, 0.2) is 0 Å². The van der Waals surface area contributed by atoms with E-state index >= 15 is 0 Å². The van der Waals surface area contributed by atoms with Crippen LogP contribution in [-0.4, -0.2) is 43.5 Å². The molecule has 0 radical (unpaired) electrons. The highest BCUT2D eigenvalue weighted by Crippen LogP contribution is 2.28. The molecule has 0 spiro atoms. The van der Waals surface area contributed by atoms with Crippen LogP contribution < -0.4 is 16.3 Å². The van der Waals surface area contributed by atoms with Gasteiger partial charge < -0.3 is 10.6 Å². The Labute approximate surface area is 231 Å². The van der Waals surface area contributed by atoms with E-state index < -0.39 is 0 Å². The number of rotatable bonds is 7. The zero-order valence-corrected chi connectivity index (χ0v) is 22.7. The molecule has 4 aromatic rings. The summed E-state index contributed by atoms with van der Waals surface area (Å²) in [4.78, 5) is 47.0. The van der Waals surface area contributed by atoms with Gasteiger partial charge in [0.1, 0.15) is 5.69 Å². The third kappa shape index (κ3) is 5.59. The molecule has 1 fully saturated rings. The summed E-state index contributed by atoms with van der Waals surface area (Å²) in [5.74, 6) is -0.0926. The number of aryl methyl sites for hydroxylation is 1. The molecule has 1 aromatic carbocycles. The van der Waals surface area contributed by atoms with Crippen molar-refractivity contribution in [2.24, 2.45) is 5.92 Å². The number of carbonyl (C=O) groups is 2. The number of halogens is 1. The van der Waals surface area contributed by atoms with Crippen molar-refractivity contribution >= 4 is 34.4 Å². The fraction of sp³-hybridized carbons (Fsp3) is 0.345. The first kappa shape index (κ1) is 26.6. The molecule has 10 heteroatoms. The molecule has 0 aliphatic heterocycles. The second-order valence-corrected chi connectivity index (χ2v) is 10.4. The molecule has 3 heterocycles. The number of amides is 2. The Kier molecular flexibility index (Phi) is 7.79. The fourth-order valence-electron chi connectivity index (χ4n) is 5.29. The van der Waals surface area contributed by atoms with Crippen LogP contribution in [0.25, 0.3) is 16.7 Å². The maximum absolute atomic E-state index is 13.7. The van der Waals surface area contributed by atoms with Crippen molar-refractivity contribution in [2.75, 3.05) is 6.54 Å². The predicted octanol–water partition coefficient (Wildman–Crippen LogP) is 4.28. The summed E-state index contributed by atoms with van der Waals surface area (Å²) in [6, 6.07) is 12.8. The van der Waals surface area contributed by atoms with E-state index in [1.54, 1.807) is 35.9 Å². The highest BCUT2D eigenvalue weighted by atomic mass is 35.5. The molecule has 39 heavy (non-hydrogen) atoms. The zero-order valence-electron chi connectivity index (χ0n) is 22.0. The molecule has 1 saturated carbocycles. The molecular weight excluding hydrogens is 516 g/mol. The van der Waals surface area contributed by atoms with Crippen LogP contribution in [0.2, 0.25) is 5.02 Å². The summed E-state index contributed by atoms with van der Waals surface area (Å²) in [5, 5.41) is 6.30. The van der Waals surface area contributed by atoms with Crippen LogP contribution in [-0.2, 0) is 6.54 Å². The minimum Gasteiger partial charge on any atom is -0.351 e. The lowest BCUT2D eigenvalue weighted by molar-refractivity contribution is 0.0917. The number of imidazole rings is 1. The number of benzene rings is 1. The molecule has 0 atom stereocenters. The van der Waals surface area contributed by atoms with Gasteiger partial charge in [0.2, 0.25) is 0 Å². The number of para-hydroxylation sites is 2.